The number of nitrogens with zero attached hydrogens (tertiary/aromatic N) is 3. The van der Waals surface area contributed by atoms with E-state index in [1.165, 1.54) is 13.2 Å². The summed E-state index contributed by atoms with van der Waals surface area (Å²) in [5, 5.41) is 10.0. The molecule has 0 aliphatic carbocycles. The largest absolute Gasteiger partial charge is 0.496 e. The van der Waals surface area contributed by atoms with E-state index < -0.39 is 0 Å². The Hall–Kier alpha value is -2.97. The fourth-order valence-electron chi connectivity index (χ4n) is 3.09. The Morgan fingerprint density at radius 1 is 1.15 bits per heavy atom. The number of piperazine rings is 1. The summed E-state index contributed by atoms with van der Waals surface area (Å²) in [6.07, 6.45) is 1.54. The van der Waals surface area contributed by atoms with Crippen molar-refractivity contribution in [3.63, 3.8) is 0 Å². The number of anilines is 1. The predicted octanol–water partition coefficient (Wildman–Crippen LogP) is 3.60. The molecule has 27 heavy (non-hydrogen) atoms. The second-order valence-corrected chi connectivity index (χ2v) is 6.61. The molecule has 1 saturated heterocycles. The number of hydrogen-bond acceptors (Lipinski definition) is 4. The summed E-state index contributed by atoms with van der Waals surface area (Å²) < 4.78 is 5.29. The molecule has 0 spiro atoms. The molecule has 138 valence electrons. The normalized spacial score (nSPS) is 14.6. The summed E-state index contributed by atoms with van der Waals surface area (Å²) in [4.78, 5) is 16.8. The first-order chi connectivity index (χ1) is 13.1. The average Bonchev–Trinajstić information content (AvgIpc) is 2.72. The minimum atomic E-state index is -0.271. The Kier molecular flexibility index (Phi) is 6.00. The molecule has 0 unspecified atom stereocenters. The molecule has 5 nitrogen and oxygen atoms in total. The number of halogens is 1. The van der Waals surface area contributed by atoms with Crippen molar-refractivity contribution >= 4 is 29.3 Å². The first kappa shape index (κ1) is 18.8. The minimum Gasteiger partial charge on any atom is -0.496 e. The van der Waals surface area contributed by atoms with Gasteiger partial charge in [-0.25, -0.2) is 0 Å². The van der Waals surface area contributed by atoms with Crippen LogP contribution in [0.15, 0.2) is 54.1 Å². The standard InChI is InChI=1S/C21H20ClN3O2/c1-27-20-8-7-18(22)14-16(20)13-17(15-23)21(26)25-11-9-24(10-12-25)19-5-3-2-4-6-19/h2-8,13-14H,9-12H2,1H3/b17-13-. The molecule has 1 heterocycles. The summed E-state index contributed by atoms with van der Waals surface area (Å²) in [7, 11) is 1.54. The molecule has 0 N–H and O–H groups in total. The van der Waals surface area contributed by atoms with Crippen molar-refractivity contribution in [3.8, 4) is 11.8 Å². The summed E-state index contributed by atoms with van der Waals surface area (Å²) >= 11 is 6.03. The Balaban J connectivity index is 1.73. The maximum Gasteiger partial charge on any atom is 0.264 e. The van der Waals surface area contributed by atoms with E-state index in [9.17, 15) is 10.1 Å². The van der Waals surface area contributed by atoms with E-state index in [1.54, 1.807) is 23.1 Å². The molecule has 2 aromatic rings. The van der Waals surface area contributed by atoms with Crippen LogP contribution in [-0.2, 0) is 4.79 Å². The van der Waals surface area contributed by atoms with Gasteiger partial charge in [-0.05, 0) is 36.4 Å². The molecular formula is C21H20ClN3O2. The van der Waals surface area contributed by atoms with E-state index in [0.29, 0.717) is 29.4 Å². The highest BCUT2D eigenvalue weighted by molar-refractivity contribution is 6.30. The zero-order chi connectivity index (χ0) is 19.2. The van der Waals surface area contributed by atoms with Crippen LogP contribution in [0, 0.1) is 11.3 Å². The Bertz CT molecular complexity index is 882. The smallest absolute Gasteiger partial charge is 0.264 e. The molecule has 1 aliphatic rings. The van der Waals surface area contributed by atoms with Gasteiger partial charge in [0.2, 0.25) is 0 Å². The lowest BCUT2D eigenvalue weighted by atomic mass is 10.1. The van der Waals surface area contributed by atoms with Gasteiger partial charge in [-0.15, -0.1) is 0 Å². The highest BCUT2D eigenvalue weighted by Gasteiger charge is 2.24. The van der Waals surface area contributed by atoms with Crippen molar-refractivity contribution in [2.75, 3.05) is 38.2 Å². The monoisotopic (exact) mass is 381 g/mol. The fourth-order valence-corrected chi connectivity index (χ4v) is 3.27. The maximum absolute atomic E-state index is 12.8. The van der Waals surface area contributed by atoms with E-state index in [-0.39, 0.29) is 11.5 Å². The first-order valence-electron chi connectivity index (χ1n) is 8.67. The van der Waals surface area contributed by atoms with Crippen molar-refractivity contribution in [3.05, 3.63) is 64.7 Å². The van der Waals surface area contributed by atoms with Crippen LogP contribution in [0.25, 0.3) is 6.08 Å². The number of benzene rings is 2. The van der Waals surface area contributed by atoms with Gasteiger partial charge in [0.15, 0.2) is 0 Å². The van der Waals surface area contributed by atoms with Gasteiger partial charge < -0.3 is 14.5 Å². The topological polar surface area (TPSA) is 56.6 Å². The molecule has 0 saturated carbocycles. The van der Waals surface area contributed by atoms with Crippen molar-refractivity contribution in [2.24, 2.45) is 0 Å². The second kappa shape index (κ2) is 8.61. The minimum absolute atomic E-state index is 0.0729. The van der Waals surface area contributed by atoms with E-state index in [4.69, 9.17) is 16.3 Å². The van der Waals surface area contributed by atoms with Gasteiger partial charge in [0.05, 0.1) is 7.11 Å². The van der Waals surface area contributed by atoms with Gasteiger partial charge in [0, 0.05) is 42.5 Å². The van der Waals surface area contributed by atoms with E-state index in [1.807, 2.05) is 24.3 Å². The van der Waals surface area contributed by atoms with Crippen molar-refractivity contribution in [1.29, 1.82) is 5.26 Å². The Morgan fingerprint density at radius 3 is 2.48 bits per heavy atom. The van der Waals surface area contributed by atoms with Crippen LogP contribution in [0.1, 0.15) is 5.56 Å². The second-order valence-electron chi connectivity index (χ2n) is 6.17. The lowest BCUT2D eigenvalue weighted by Crippen LogP contribution is -2.49. The maximum atomic E-state index is 12.8. The van der Waals surface area contributed by atoms with E-state index in [0.717, 1.165) is 18.8 Å². The number of para-hydroxylation sites is 1. The van der Waals surface area contributed by atoms with Crippen LogP contribution in [0.4, 0.5) is 5.69 Å². The van der Waals surface area contributed by atoms with Crippen molar-refractivity contribution in [2.45, 2.75) is 0 Å². The third kappa shape index (κ3) is 4.42. The third-order valence-electron chi connectivity index (χ3n) is 4.53. The molecular weight excluding hydrogens is 362 g/mol. The van der Waals surface area contributed by atoms with Gasteiger partial charge in [0.1, 0.15) is 17.4 Å². The molecule has 1 aliphatic heterocycles. The number of carbonyl (C=O) groups is 1. The first-order valence-corrected chi connectivity index (χ1v) is 9.05. The Labute approximate surface area is 164 Å². The van der Waals surface area contributed by atoms with E-state index >= 15 is 0 Å². The molecule has 3 rings (SSSR count). The highest BCUT2D eigenvalue weighted by Crippen LogP contribution is 2.25. The number of hydrogen-bond donors (Lipinski definition) is 0. The molecule has 1 fully saturated rings. The highest BCUT2D eigenvalue weighted by atomic mass is 35.5. The third-order valence-corrected chi connectivity index (χ3v) is 4.77. The SMILES string of the molecule is COc1ccc(Cl)cc1/C=C(/C#N)C(=O)N1CCN(c2ccccc2)CC1. The van der Waals surface area contributed by atoms with Crippen LogP contribution in [-0.4, -0.2) is 44.1 Å². The summed E-state index contributed by atoms with van der Waals surface area (Å²) in [6.45, 7) is 2.60. The zero-order valence-electron chi connectivity index (χ0n) is 15.1. The summed E-state index contributed by atoms with van der Waals surface area (Å²) in [6, 6.07) is 17.2. The van der Waals surface area contributed by atoms with Crippen LogP contribution in [0.5, 0.6) is 5.75 Å². The van der Waals surface area contributed by atoms with Gasteiger partial charge >= 0.3 is 0 Å². The van der Waals surface area contributed by atoms with Crippen LogP contribution in [0.2, 0.25) is 5.02 Å². The number of ether oxygens (including phenoxy) is 1. The van der Waals surface area contributed by atoms with Crippen LogP contribution >= 0.6 is 11.6 Å². The molecule has 1 amide bonds. The number of methoxy groups -OCH3 is 1. The summed E-state index contributed by atoms with van der Waals surface area (Å²) in [5.74, 6) is 0.293. The van der Waals surface area contributed by atoms with Gasteiger partial charge in [0.25, 0.3) is 5.91 Å². The van der Waals surface area contributed by atoms with Crippen LogP contribution in [0.3, 0.4) is 0 Å². The van der Waals surface area contributed by atoms with Crippen molar-refractivity contribution < 1.29 is 9.53 Å². The molecule has 0 bridgehead atoms. The number of amides is 1. The molecule has 0 atom stereocenters. The lowest BCUT2D eigenvalue weighted by molar-refractivity contribution is -0.126. The molecule has 2 aromatic carbocycles. The number of rotatable bonds is 4. The van der Waals surface area contributed by atoms with Gasteiger partial charge in [-0.1, -0.05) is 29.8 Å². The lowest BCUT2D eigenvalue weighted by Gasteiger charge is -2.36. The molecule has 0 radical (unpaired) electrons. The van der Waals surface area contributed by atoms with E-state index in [2.05, 4.69) is 17.0 Å². The molecule has 0 aromatic heterocycles. The van der Waals surface area contributed by atoms with Gasteiger partial charge in [-0.2, -0.15) is 5.26 Å². The zero-order valence-corrected chi connectivity index (χ0v) is 15.8. The quantitative estimate of drug-likeness (QED) is 0.599. The number of nitriles is 1. The fraction of sp³-hybridized carbons (Fsp3) is 0.238. The van der Waals surface area contributed by atoms with Gasteiger partial charge in [-0.3, -0.25) is 4.79 Å². The predicted molar refractivity (Wildman–Crippen MR) is 107 cm³/mol. The Morgan fingerprint density at radius 2 is 1.85 bits per heavy atom. The molecule has 6 heteroatoms. The summed E-state index contributed by atoms with van der Waals surface area (Å²) in [5.41, 5.74) is 1.82. The van der Waals surface area contributed by atoms with Crippen molar-refractivity contribution in [1.82, 2.24) is 4.90 Å². The number of carbonyl (C=O) groups excluding carboxylic acids is 1. The van der Waals surface area contributed by atoms with Crippen LogP contribution < -0.4 is 9.64 Å². The average molecular weight is 382 g/mol.